The van der Waals surface area contributed by atoms with Gasteiger partial charge in [-0.05, 0) is 49.2 Å². The van der Waals surface area contributed by atoms with E-state index >= 15 is 0 Å². The summed E-state index contributed by atoms with van der Waals surface area (Å²) in [6.45, 7) is 2.28. The molecule has 23 heavy (non-hydrogen) atoms. The fourth-order valence-electron chi connectivity index (χ4n) is 2.44. The molecule has 5 heteroatoms. The lowest BCUT2D eigenvalue weighted by Gasteiger charge is -2.11. The van der Waals surface area contributed by atoms with Crippen LogP contribution in [0.1, 0.15) is 23.5 Å². The number of nitrogens with zero attached hydrogens (tertiary/aromatic N) is 1. The number of hydrogen-bond acceptors (Lipinski definition) is 4. The van der Waals surface area contributed by atoms with Gasteiger partial charge in [0.25, 0.3) is 11.1 Å². The van der Waals surface area contributed by atoms with Crippen molar-refractivity contribution < 1.29 is 14.0 Å². The monoisotopic (exact) mass is 327 g/mol. The molecule has 3 rings (SSSR count). The van der Waals surface area contributed by atoms with E-state index in [-0.39, 0.29) is 11.1 Å². The lowest BCUT2D eigenvalue weighted by Crippen LogP contribution is -2.29. The van der Waals surface area contributed by atoms with Gasteiger partial charge in [-0.3, -0.25) is 14.5 Å². The maximum Gasteiger partial charge on any atom is 0.293 e. The Labute approximate surface area is 139 Å². The number of rotatable bonds is 5. The van der Waals surface area contributed by atoms with E-state index in [1.54, 1.807) is 12.1 Å². The molecule has 0 radical (unpaired) electrons. The zero-order chi connectivity index (χ0) is 16.2. The first kappa shape index (κ1) is 15.6. The molecule has 1 aliphatic heterocycles. The molecule has 0 aliphatic carbocycles. The number of aryl methyl sites for hydroxylation is 2. The standard InChI is InChI=1S/C18H17NO3S/c1-13-9-10-15(22-13)12-16-17(20)19(18(21)23-16)11-5-8-14-6-3-2-4-7-14/h2-4,6-7,9-10,12H,5,8,11H2,1H3/b16-12-. The minimum Gasteiger partial charge on any atom is -0.462 e. The van der Waals surface area contributed by atoms with E-state index in [9.17, 15) is 9.59 Å². The molecule has 0 atom stereocenters. The topological polar surface area (TPSA) is 50.5 Å². The van der Waals surface area contributed by atoms with Gasteiger partial charge in [-0.1, -0.05) is 30.3 Å². The Bertz CT molecular complexity index is 749. The first-order chi connectivity index (χ1) is 11.1. The molecule has 1 aliphatic rings. The zero-order valence-electron chi connectivity index (χ0n) is 12.8. The van der Waals surface area contributed by atoms with E-state index in [0.29, 0.717) is 17.2 Å². The number of hydrogen-bond donors (Lipinski definition) is 0. The highest BCUT2D eigenvalue weighted by Gasteiger charge is 2.34. The second kappa shape index (κ2) is 6.87. The Balaban J connectivity index is 1.61. The van der Waals surface area contributed by atoms with Crippen LogP contribution in [0.3, 0.4) is 0 Å². The number of imide groups is 1. The molecule has 118 valence electrons. The Morgan fingerprint density at radius 2 is 1.91 bits per heavy atom. The molecule has 4 nitrogen and oxygen atoms in total. The van der Waals surface area contributed by atoms with Crippen molar-refractivity contribution in [3.8, 4) is 0 Å². The molecule has 2 heterocycles. The van der Waals surface area contributed by atoms with Gasteiger partial charge in [0, 0.05) is 12.6 Å². The van der Waals surface area contributed by atoms with Crippen LogP contribution in [0.5, 0.6) is 0 Å². The van der Waals surface area contributed by atoms with E-state index in [1.807, 2.05) is 43.3 Å². The fourth-order valence-corrected chi connectivity index (χ4v) is 3.28. The summed E-state index contributed by atoms with van der Waals surface area (Å²) in [5.41, 5.74) is 1.21. The summed E-state index contributed by atoms with van der Waals surface area (Å²) in [4.78, 5) is 26.1. The highest BCUT2D eigenvalue weighted by Crippen LogP contribution is 2.32. The lowest BCUT2D eigenvalue weighted by molar-refractivity contribution is -0.122. The first-order valence-corrected chi connectivity index (χ1v) is 8.31. The maximum absolute atomic E-state index is 12.3. The summed E-state index contributed by atoms with van der Waals surface area (Å²) < 4.78 is 5.43. The molecule has 1 aromatic carbocycles. The average Bonchev–Trinajstić information content (AvgIpc) is 3.06. The van der Waals surface area contributed by atoms with Crippen LogP contribution < -0.4 is 0 Å². The number of benzene rings is 1. The quantitative estimate of drug-likeness (QED) is 0.770. The molecule has 1 fully saturated rings. The Morgan fingerprint density at radius 1 is 1.13 bits per heavy atom. The summed E-state index contributed by atoms with van der Waals surface area (Å²) in [7, 11) is 0. The van der Waals surface area contributed by atoms with Crippen LogP contribution >= 0.6 is 11.8 Å². The van der Waals surface area contributed by atoms with Crippen molar-refractivity contribution in [2.75, 3.05) is 6.54 Å². The molecule has 0 saturated carbocycles. The highest BCUT2D eigenvalue weighted by molar-refractivity contribution is 8.18. The van der Waals surface area contributed by atoms with E-state index < -0.39 is 0 Å². The number of amides is 2. The summed E-state index contributed by atoms with van der Waals surface area (Å²) in [5.74, 6) is 1.14. The Morgan fingerprint density at radius 3 is 2.61 bits per heavy atom. The third-order valence-electron chi connectivity index (χ3n) is 3.60. The van der Waals surface area contributed by atoms with Gasteiger partial charge in [-0.25, -0.2) is 0 Å². The molecule has 2 aromatic rings. The lowest BCUT2D eigenvalue weighted by atomic mass is 10.1. The van der Waals surface area contributed by atoms with Crippen LogP contribution in [-0.2, 0) is 11.2 Å². The van der Waals surface area contributed by atoms with Gasteiger partial charge in [0.05, 0.1) is 4.91 Å². The van der Waals surface area contributed by atoms with E-state index in [0.717, 1.165) is 30.4 Å². The molecule has 2 amide bonds. The van der Waals surface area contributed by atoms with E-state index in [2.05, 4.69) is 0 Å². The predicted octanol–water partition coefficient (Wildman–Crippen LogP) is 4.26. The second-order valence-corrected chi connectivity index (χ2v) is 6.36. The molecule has 0 bridgehead atoms. The van der Waals surface area contributed by atoms with Gasteiger partial charge in [0.15, 0.2) is 0 Å². The molecule has 0 spiro atoms. The predicted molar refractivity (Wildman–Crippen MR) is 90.9 cm³/mol. The van der Waals surface area contributed by atoms with Crippen molar-refractivity contribution in [2.24, 2.45) is 0 Å². The summed E-state index contributed by atoms with van der Waals surface area (Å²) >= 11 is 0.971. The molecule has 1 saturated heterocycles. The molecule has 1 aromatic heterocycles. The van der Waals surface area contributed by atoms with Crippen molar-refractivity contribution in [3.05, 3.63) is 64.5 Å². The Kier molecular flexibility index (Phi) is 4.67. The molecular formula is C18H17NO3S. The van der Waals surface area contributed by atoms with Crippen LogP contribution in [0.2, 0.25) is 0 Å². The largest absolute Gasteiger partial charge is 0.462 e. The third kappa shape index (κ3) is 3.74. The number of furan rings is 1. The van der Waals surface area contributed by atoms with Crippen molar-refractivity contribution in [3.63, 3.8) is 0 Å². The molecular weight excluding hydrogens is 310 g/mol. The van der Waals surface area contributed by atoms with E-state index in [1.165, 1.54) is 10.5 Å². The third-order valence-corrected chi connectivity index (χ3v) is 4.51. The fraction of sp³-hybridized carbons (Fsp3) is 0.222. The smallest absolute Gasteiger partial charge is 0.293 e. The summed E-state index contributed by atoms with van der Waals surface area (Å²) in [6, 6.07) is 13.7. The minimum absolute atomic E-state index is 0.211. The minimum atomic E-state index is -0.234. The van der Waals surface area contributed by atoms with Crippen molar-refractivity contribution in [1.29, 1.82) is 0 Å². The SMILES string of the molecule is Cc1ccc(/C=C2\SC(=O)N(CCCc3ccccc3)C2=O)o1. The zero-order valence-corrected chi connectivity index (χ0v) is 13.6. The van der Waals surface area contributed by atoms with Crippen LogP contribution in [0.4, 0.5) is 4.79 Å². The summed E-state index contributed by atoms with van der Waals surface area (Å²) in [5, 5.41) is -0.211. The van der Waals surface area contributed by atoms with Gasteiger partial charge in [-0.15, -0.1) is 0 Å². The van der Waals surface area contributed by atoms with Crippen molar-refractivity contribution in [2.45, 2.75) is 19.8 Å². The number of carbonyl (C=O) groups excluding carboxylic acids is 2. The number of thioether (sulfide) groups is 1. The summed E-state index contributed by atoms with van der Waals surface area (Å²) in [6.07, 6.45) is 3.24. The van der Waals surface area contributed by atoms with Gasteiger partial charge >= 0.3 is 0 Å². The van der Waals surface area contributed by atoms with E-state index in [4.69, 9.17) is 4.42 Å². The van der Waals surface area contributed by atoms with Crippen LogP contribution in [-0.4, -0.2) is 22.6 Å². The highest BCUT2D eigenvalue weighted by atomic mass is 32.2. The van der Waals surface area contributed by atoms with Gasteiger partial charge in [0.1, 0.15) is 11.5 Å². The maximum atomic E-state index is 12.3. The van der Waals surface area contributed by atoms with Crippen molar-refractivity contribution >= 4 is 29.0 Å². The van der Waals surface area contributed by atoms with Crippen LogP contribution in [0.25, 0.3) is 6.08 Å². The van der Waals surface area contributed by atoms with Crippen LogP contribution in [0.15, 0.2) is 51.8 Å². The Hall–Kier alpha value is -2.27. The van der Waals surface area contributed by atoms with Crippen molar-refractivity contribution in [1.82, 2.24) is 4.90 Å². The number of carbonyl (C=O) groups is 2. The normalized spacial score (nSPS) is 16.6. The molecule has 0 unspecified atom stereocenters. The average molecular weight is 327 g/mol. The van der Waals surface area contributed by atoms with Gasteiger partial charge in [-0.2, -0.15) is 0 Å². The molecule has 0 N–H and O–H groups in total. The van der Waals surface area contributed by atoms with Gasteiger partial charge in [0.2, 0.25) is 0 Å². The second-order valence-electron chi connectivity index (χ2n) is 5.37. The van der Waals surface area contributed by atoms with Gasteiger partial charge < -0.3 is 4.42 Å². The van der Waals surface area contributed by atoms with Crippen LogP contribution in [0, 0.1) is 6.92 Å². The first-order valence-electron chi connectivity index (χ1n) is 7.49.